The lowest BCUT2D eigenvalue weighted by Gasteiger charge is -2.27. The number of allylic oxidation sites excluding steroid dienone is 2. The van der Waals surface area contributed by atoms with E-state index in [1.54, 1.807) is 12.2 Å². The van der Waals surface area contributed by atoms with Crippen molar-refractivity contribution in [3.63, 3.8) is 0 Å². The van der Waals surface area contributed by atoms with E-state index in [4.69, 9.17) is 28.0 Å². The van der Waals surface area contributed by atoms with Gasteiger partial charge in [0.05, 0.1) is 5.54 Å². The molecule has 0 amide bonds. The van der Waals surface area contributed by atoms with Gasteiger partial charge in [0.15, 0.2) is 0 Å². The molecule has 0 saturated heterocycles. The van der Waals surface area contributed by atoms with Crippen molar-refractivity contribution < 1.29 is 10.0 Å². The zero-order chi connectivity index (χ0) is 9.90. The van der Waals surface area contributed by atoms with Crippen molar-refractivity contribution in [2.45, 2.75) is 18.3 Å². The minimum Gasteiger partial charge on any atom is -0.427 e. The Labute approximate surface area is 95.2 Å². The fourth-order valence-electron chi connectivity index (χ4n) is 1.18. The summed E-state index contributed by atoms with van der Waals surface area (Å²) in [7, 11) is -1.32. The van der Waals surface area contributed by atoms with Gasteiger partial charge >= 0.3 is 7.12 Å². The van der Waals surface area contributed by atoms with Crippen molar-refractivity contribution in [1.29, 1.82) is 0 Å². The summed E-state index contributed by atoms with van der Waals surface area (Å²) in [5, 5.41) is 17.4. The number of thiocarbonyl (C=S) groups is 1. The Morgan fingerprint density at radius 3 is 2.57 bits per heavy atom. The Balaban J connectivity index is 0.00000169. The highest BCUT2D eigenvalue weighted by molar-refractivity contribution is 7.81. The van der Waals surface area contributed by atoms with E-state index in [0.29, 0.717) is 11.3 Å². The van der Waals surface area contributed by atoms with Crippen LogP contribution in [0.2, 0.25) is 6.32 Å². The highest BCUT2D eigenvalue weighted by Crippen LogP contribution is 2.19. The van der Waals surface area contributed by atoms with Crippen LogP contribution in [0.4, 0.5) is 0 Å². The summed E-state index contributed by atoms with van der Waals surface area (Å²) in [6.45, 7) is 0. The standard InChI is InChI=1S/C8H12BNO2S.ClH/c10-8(5-6-9(11)12)4-2-1-3-7(8)13;/h1-4,11-12H,5-6,10H2;1H. The third-order valence-corrected chi connectivity index (χ3v) is 2.54. The maximum absolute atomic E-state index is 8.70. The lowest BCUT2D eigenvalue weighted by Crippen LogP contribution is -2.45. The summed E-state index contributed by atoms with van der Waals surface area (Å²) in [6, 6.07) is 0. The first-order chi connectivity index (χ1) is 6.04. The lowest BCUT2D eigenvalue weighted by atomic mass is 9.76. The Hall–Kier alpha value is -0.195. The molecule has 6 heteroatoms. The largest absolute Gasteiger partial charge is 0.451 e. The molecule has 0 aromatic rings. The third-order valence-electron chi connectivity index (χ3n) is 2.03. The molecule has 1 aliphatic rings. The van der Waals surface area contributed by atoms with Crippen LogP contribution in [0.3, 0.4) is 0 Å². The molecule has 0 spiro atoms. The highest BCUT2D eigenvalue weighted by atomic mass is 35.5. The second-order valence-electron chi connectivity index (χ2n) is 3.14. The van der Waals surface area contributed by atoms with Crippen molar-refractivity contribution in [3.05, 3.63) is 24.3 Å². The van der Waals surface area contributed by atoms with E-state index in [1.807, 2.05) is 12.2 Å². The molecule has 1 aliphatic carbocycles. The van der Waals surface area contributed by atoms with Gasteiger partial charge in [0.2, 0.25) is 0 Å². The van der Waals surface area contributed by atoms with Crippen molar-refractivity contribution >= 4 is 36.6 Å². The van der Waals surface area contributed by atoms with E-state index < -0.39 is 12.7 Å². The van der Waals surface area contributed by atoms with Crippen LogP contribution < -0.4 is 5.73 Å². The van der Waals surface area contributed by atoms with Gasteiger partial charge < -0.3 is 15.8 Å². The second kappa shape index (κ2) is 5.63. The van der Waals surface area contributed by atoms with Crippen LogP contribution in [-0.4, -0.2) is 27.6 Å². The molecule has 0 saturated carbocycles. The second-order valence-corrected chi connectivity index (χ2v) is 3.58. The van der Waals surface area contributed by atoms with E-state index >= 15 is 0 Å². The van der Waals surface area contributed by atoms with Gasteiger partial charge in [-0.1, -0.05) is 30.4 Å². The van der Waals surface area contributed by atoms with Gasteiger partial charge in [-0.15, -0.1) is 12.4 Å². The first kappa shape index (κ1) is 13.8. The number of hydrogen-bond acceptors (Lipinski definition) is 4. The summed E-state index contributed by atoms with van der Waals surface area (Å²) >= 11 is 5.07. The van der Waals surface area contributed by atoms with E-state index in [1.165, 1.54) is 0 Å². The monoisotopic (exact) mass is 233 g/mol. The van der Waals surface area contributed by atoms with Crippen LogP contribution in [0, 0.1) is 0 Å². The molecule has 4 N–H and O–H groups in total. The van der Waals surface area contributed by atoms with Crippen LogP contribution >= 0.6 is 24.6 Å². The molecule has 0 aromatic heterocycles. The van der Waals surface area contributed by atoms with Crippen molar-refractivity contribution in [3.8, 4) is 0 Å². The summed E-state index contributed by atoms with van der Waals surface area (Å²) in [5.74, 6) is 0. The number of nitrogens with two attached hydrogens (primary N) is 1. The SMILES string of the molecule is Cl.NC1(CCB(O)O)C=CC=CC1=S. The average Bonchev–Trinajstić information content (AvgIpc) is 2.07. The van der Waals surface area contributed by atoms with E-state index in [2.05, 4.69) is 0 Å². The molecule has 1 atom stereocenters. The summed E-state index contributed by atoms with van der Waals surface area (Å²) in [6.07, 6.45) is 7.87. The van der Waals surface area contributed by atoms with E-state index in [9.17, 15) is 0 Å². The average molecular weight is 234 g/mol. The van der Waals surface area contributed by atoms with Gasteiger partial charge in [-0.25, -0.2) is 0 Å². The molecular weight excluding hydrogens is 220 g/mol. The lowest BCUT2D eigenvalue weighted by molar-refractivity contribution is 0.399. The Morgan fingerprint density at radius 1 is 1.43 bits per heavy atom. The zero-order valence-corrected chi connectivity index (χ0v) is 9.22. The predicted molar refractivity (Wildman–Crippen MR) is 64.7 cm³/mol. The topological polar surface area (TPSA) is 66.5 Å². The molecule has 0 fully saturated rings. The number of halogens is 1. The van der Waals surface area contributed by atoms with Gasteiger partial charge in [-0.2, -0.15) is 0 Å². The Bertz CT molecular complexity index is 270. The zero-order valence-electron chi connectivity index (χ0n) is 7.59. The fourth-order valence-corrected chi connectivity index (χ4v) is 1.43. The quantitative estimate of drug-likeness (QED) is 0.490. The van der Waals surface area contributed by atoms with Crippen molar-refractivity contribution in [2.75, 3.05) is 0 Å². The van der Waals surface area contributed by atoms with Crippen LogP contribution in [0.1, 0.15) is 6.42 Å². The first-order valence-corrected chi connectivity index (χ1v) is 4.51. The van der Waals surface area contributed by atoms with Crippen LogP contribution in [-0.2, 0) is 0 Å². The Kier molecular flexibility index (Phi) is 5.55. The highest BCUT2D eigenvalue weighted by Gasteiger charge is 2.28. The number of hydrogen-bond donors (Lipinski definition) is 3. The summed E-state index contributed by atoms with van der Waals surface area (Å²) < 4.78 is 0. The van der Waals surface area contributed by atoms with Crippen molar-refractivity contribution in [1.82, 2.24) is 0 Å². The Morgan fingerprint density at radius 2 is 2.07 bits per heavy atom. The van der Waals surface area contributed by atoms with Gasteiger partial charge in [0, 0.05) is 4.86 Å². The first-order valence-electron chi connectivity index (χ1n) is 4.10. The molecule has 0 aliphatic heterocycles. The smallest absolute Gasteiger partial charge is 0.427 e. The number of rotatable bonds is 3. The van der Waals surface area contributed by atoms with Crippen LogP contribution in [0.15, 0.2) is 24.3 Å². The van der Waals surface area contributed by atoms with Crippen LogP contribution in [0.25, 0.3) is 0 Å². The summed E-state index contributed by atoms with van der Waals surface area (Å²) in [4.78, 5) is 0.635. The fraction of sp³-hybridized carbons (Fsp3) is 0.375. The molecule has 3 nitrogen and oxygen atoms in total. The maximum Gasteiger partial charge on any atom is 0.451 e. The van der Waals surface area contributed by atoms with Gasteiger partial charge in [-0.05, 0) is 18.8 Å². The van der Waals surface area contributed by atoms with E-state index in [-0.39, 0.29) is 18.7 Å². The molecule has 1 rings (SSSR count). The maximum atomic E-state index is 8.70. The minimum absolute atomic E-state index is 0. The van der Waals surface area contributed by atoms with Crippen molar-refractivity contribution in [2.24, 2.45) is 5.73 Å². The molecular formula is C8H13BClNO2S. The molecule has 0 radical (unpaired) electrons. The van der Waals surface area contributed by atoms with E-state index in [0.717, 1.165) is 0 Å². The molecule has 0 heterocycles. The van der Waals surface area contributed by atoms with Gasteiger partial charge in [0.1, 0.15) is 0 Å². The molecule has 1 unspecified atom stereocenters. The molecule has 0 bridgehead atoms. The molecule has 0 aromatic carbocycles. The summed E-state index contributed by atoms with van der Waals surface area (Å²) in [5.41, 5.74) is 5.26. The van der Waals surface area contributed by atoms with Gasteiger partial charge in [-0.3, -0.25) is 0 Å². The van der Waals surface area contributed by atoms with Gasteiger partial charge in [0.25, 0.3) is 0 Å². The minimum atomic E-state index is -1.32. The third kappa shape index (κ3) is 3.51. The molecule has 14 heavy (non-hydrogen) atoms. The normalized spacial score (nSPS) is 24.6. The van der Waals surface area contributed by atoms with Crippen LogP contribution in [0.5, 0.6) is 0 Å². The molecule has 78 valence electrons. The predicted octanol–water partition coefficient (Wildman–Crippen LogP) is 0.465.